The van der Waals surface area contributed by atoms with Gasteiger partial charge in [-0.2, -0.15) is 0 Å². The molecule has 3 heteroatoms. The summed E-state index contributed by atoms with van der Waals surface area (Å²) in [6, 6.07) is 8.09. The first-order chi connectivity index (χ1) is 7.61. The Labute approximate surface area is 105 Å². The number of hydrogen-bond donors (Lipinski definition) is 2. The molecule has 0 radical (unpaired) electrons. The summed E-state index contributed by atoms with van der Waals surface area (Å²) in [5.41, 5.74) is 0.884. The number of rotatable bonds is 5. The Hall–Kier alpha value is -0.540. The number of hydrogen-bond acceptors (Lipinski definition) is 2. The van der Waals surface area contributed by atoms with E-state index in [1.54, 1.807) is 0 Å². The van der Waals surface area contributed by atoms with E-state index in [9.17, 15) is 5.11 Å². The lowest BCUT2D eigenvalue weighted by molar-refractivity contribution is 0.209. The van der Waals surface area contributed by atoms with Gasteiger partial charge in [0, 0.05) is 10.2 Å². The van der Waals surface area contributed by atoms with Gasteiger partial charge < -0.3 is 10.4 Å². The highest BCUT2D eigenvalue weighted by atomic mass is 79.9. The van der Waals surface area contributed by atoms with Crippen molar-refractivity contribution in [3.05, 3.63) is 28.7 Å². The van der Waals surface area contributed by atoms with Crippen LogP contribution >= 0.6 is 15.9 Å². The molecule has 0 aliphatic heterocycles. The fourth-order valence-corrected chi connectivity index (χ4v) is 2.26. The molecule has 0 amide bonds. The lowest BCUT2D eigenvalue weighted by Crippen LogP contribution is -2.39. The maximum absolute atomic E-state index is 9.51. The summed E-state index contributed by atoms with van der Waals surface area (Å²) in [6.45, 7) is 2.27. The predicted octanol–water partition coefficient (Wildman–Crippen LogP) is 3.41. The molecular formula is C13H18BrNO. The van der Waals surface area contributed by atoms with Crippen LogP contribution in [-0.2, 0) is 0 Å². The van der Waals surface area contributed by atoms with Gasteiger partial charge in [-0.1, -0.05) is 28.8 Å². The van der Waals surface area contributed by atoms with Gasteiger partial charge in [0.15, 0.2) is 0 Å². The molecule has 88 valence electrons. The summed E-state index contributed by atoms with van der Waals surface area (Å²) in [5, 5.41) is 12.9. The van der Waals surface area contributed by atoms with E-state index in [1.165, 1.54) is 12.8 Å². The van der Waals surface area contributed by atoms with E-state index in [0.29, 0.717) is 0 Å². The maximum atomic E-state index is 9.51. The zero-order chi connectivity index (χ0) is 11.6. The number of aliphatic hydroxyl groups excluding tert-OH is 1. The first-order valence-electron chi connectivity index (χ1n) is 5.76. The molecule has 1 aliphatic carbocycles. The van der Waals surface area contributed by atoms with Crippen molar-refractivity contribution >= 4 is 21.6 Å². The predicted molar refractivity (Wildman–Crippen MR) is 70.6 cm³/mol. The van der Waals surface area contributed by atoms with Crippen molar-refractivity contribution in [3.63, 3.8) is 0 Å². The third-order valence-corrected chi connectivity index (χ3v) is 3.60. The Morgan fingerprint density at radius 1 is 1.38 bits per heavy atom. The van der Waals surface area contributed by atoms with Gasteiger partial charge in [-0.05, 0) is 43.5 Å². The van der Waals surface area contributed by atoms with Crippen molar-refractivity contribution in [1.82, 2.24) is 0 Å². The number of benzene rings is 1. The Morgan fingerprint density at radius 2 is 2.00 bits per heavy atom. The third-order valence-electron chi connectivity index (χ3n) is 3.08. The van der Waals surface area contributed by atoms with Crippen LogP contribution < -0.4 is 5.32 Å². The van der Waals surface area contributed by atoms with Gasteiger partial charge in [-0.15, -0.1) is 0 Å². The summed E-state index contributed by atoms with van der Waals surface area (Å²) < 4.78 is 1.07. The molecule has 1 atom stereocenters. The number of halogens is 1. The molecule has 16 heavy (non-hydrogen) atoms. The van der Waals surface area contributed by atoms with E-state index in [0.717, 1.165) is 22.5 Å². The van der Waals surface area contributed by atoms with Gasteiger partial charge >= 0.3 is 0 Å². The molecule has 2 rings (SSSR count). The Balaban J connectivity index is 2.01. The van der Waals surface area contributed by atoms with Gasteiger partial charge in [-0.3, -0.25) is 0 Å². The monoisotopic (exact) mass is 283 g/mol. The summed E-state index contributed by atoms with van der Waals surface area (Å²) in [5.74, 6) is 0.806. The average molecular weight is 284 g/mol. The lowest BCUT2D eigenvalue weighted by atomic mass is 9.95. The fraction of sp³-hybridized carbons (Fsp3) is 0.538. The van der Waals surface area contributed by atoms with Crippen molar-refractivity contribution in [2.45, 2.75) is 31.7 Å². The van der Waals surface area contributed by atoms with Gasteiger partial charge in [0.1, 0.15) is 0 Å². The molecule has 2 N–H and O–H groups in total. The van der Waals surface area contributed by atoms with Crippen LogP contribution in [-0.4, -0.2) is 17.3 Å². The standard InChI is InChI=1S/C13H18BrNO/c1-13(9-16,8-10-2-3-10)15-12-6-4-11(14)5-7-12/h4-7,10,15-16H,2-3,8-9H2,1H3. The number of aliphatic hydroxyl groups is 1. The van der Waals surface area contributed by atoms with Gasteiger partial charge in [0.05, 0.1) is 12.1 Å². The third kappa shape index (κ3) is 3.22. The van der Waals surface area contributed by atoms with E-state index >= 15 is 0 Å². The molecule has 0 bridgehead atoms. The zero-order valence-corrected chi connectivity index (χ0v) is 11.1. The smallest absolute Gasteiger partial charge is 0.0658 e. The van der Waals surface area contributed by atoms with Crippen molar-refractivity contribution < 1.29 is 5.11 Å². The maximum Gasteiger partial charge on any atom is 0.0658 e. The summed E-state index contributed by atoms with van der Waals surface area (Å²) in [6.07, 6.45) is 3.69. The van der Waals surface area contributed by atoms with Crippen LogP contribution in [0, 0.1) is 5.92 Å². The van der Waals surface area contributed by atoms with Crippen molar-refractivity contribution in [1.29, 1.82) is 0 Å². The highest BCUT2D eigenvalue weighted by molar-refractivity contribution is 9.10. The molecule has 1 aromatic rings. The highest BCUT2D eigenvalue weighted by Gasteiger charge is 2.32. The molecule has 1 aliphatic rings. The second-order valence-corrected chi connectivity index (χ2v) is 5.91. The normalized spacial score (nSPS) is 19.2. The van der Waals surface area contributed by atoms with Crippen LogP contribution in [0.15, 0.2) is 28.7 Å². The van der Waals surface area contributed by atoms with Crippen LogP contribution in [0.5, 0.6) is 0 Å². The van der Waals surface area contributed by atoms with Crippen molar-refractivity contribution in [2.24, 2.45) is 5.92 Å². The molecule has 0 spiro atoms. The summed E-state index contributed by atoms with van der Waals surface area (Å²) in [4.78, 5) is 0. The highest BCUT2D eigenvalue weighted by Crippen LogP contribution is 2.37. The minimum Gasteiger partial charge on any atom is -0.394 e. The summed E-state index contributed by atoms with van der Waals surface area (Å²) in [7, 11) is 0. The molecule has 0 saturated heterocycles. The molecule has 1 aromatic carbocycles. The Kier molecular flexibility index (Phi) is 3.55. The topological polar surface area (TPSA) is 32.3 Å². The molecule has 2 nitrogen and oxygen atoms in total. The Bertz CT molecular complexity index is 347. The number of nitrogens with one attached hydrogen (secondary N) is 1. The Morgan fingerprint density at radius 3 is 2.50 bits per heavy atom. The van der Waals surface area contributed by atoms with E-state index in [1.807, 2.05) is 24.3 Å². The minimum atomic E-state index is -0.186. The second kappa shape index (κ2) is 4.76. The molecular weight excluding hydrogens is 266 g/mol. The van der Waals surface area contributed by atoms with E-state index < -0.39 is 0 Å². The quantitative estimate of drug-likeness (QED) is 0.868. The van der Waals surface area contributed by atoms with E-state index in [2.05, 4.69) is 28.2 Å². The zero-order valence-electron chi connectivity index (χ0n) is 9.54. The molecule has 0 aromatic heterocycles. The van der Waals surface area contributed by atoms with Gasteiger partial charge in [0.2, 0.25) is 0 Å². The SMILES string of the molecule is CC(CO)(CC1CC1)Nc1ccc(Br)cc1. The lowest BCUT2D eigenvalue weighted by Gasteiger charge is -2.30. The van der Waals surface area contributed by atoms with Crippen LogP contribution in [0.3, 0.4) is 0 Å². The summed E-state index contributed by atoms with van der Waals surface area (Å²) >= 11 is 3.42. The van der Waals surface area contributed by atoms with Crippen LogP contribution in [0.4, 0.5) is 5.69 Å². The largest absolute Gasteiger partial charge is 0.394 e. The van der Waals surface area contributed by atoms with Crippen LogP contribution in [0.1, 0.15) is 26.2 Å². The van der Waals surface area contributed by atoms with E-state index in [-0.39, 0.29) is 12.1 Å². The fourth-order valence-electron chi connectivity index (χ4n) is 2.00. The molecule has 0 heterocycles. The van der Waals surface area contributed by atoms with Gasteiger partial charge in [0.25, 0.3) is 0 Å². The van der Waals surface area contributed by atoms with Crippen LogP contribution in [0.2, 0.25) is 0 Å². The number of anilines is 1. The van der Waals surface area contributed by atoms with Crippen molar-refractivity contribution in [2.75, 3.05) is 11.9 Å². The van der Waals surface area contributed by atoms with Crippen LogP contribution in [0.25, 0.3) is 0 Å². The molecule has 1 saturated carbocycles. The first-order valence-corrected chi connectivity index (χ1v) is 6.55. The average Bonchev–Trinajstić information content (AvgIpc) is 3.05. The minimum absolute atomic E-state index is 0.180. The molecule has 1 unspecified atom stereocenters. The second-order valence-electron chi connectivity index (χ2n) is 5.00. The van der Waals surface area contributed by atoms with E-state index in [4.69, 9.17) is 0 Å². The van der Waals surface area contributed by atoms with Crippen molar-refractivity contribution in [3.8, 4) is 0 Å². The molecule has 1 fully saturated rings. The van der Waals surface area contributed by atoms with Gasteiger partial charge in [-0.25, -0.2) is 0 Å². The first kappa shape index (κ1) is 11.9.